The van der Waals surface area contributed by atoms with E-state index >= 15 is 0 Å². The van der Waals surface area contributed by atoms with Crippen LogP contribution in [0.3, 0.4) is 0 Å². The molecule has 0 aliphatic carbocycles. The highest BCUT2D eigenvalue weighted by molar-refractivity contribution is 5.86. The number of H-pyrrole nitrogens is 1. The average Bonchev–Trinajstić information content (AvgIpc) is 3.34. The van der Waals surface area contributed by atoms with Crippen molar-refractivity contribution in [2.24, 2.45) is 0 Å². The molecule has 4 nitrogen and oxygen atoms in total. The number of halogens is 1. The van der Waals surface area contributed by atoms with Crippen molar-refractivity contribution in [1.82, 2.24) is 10.3 Å². The van der Waals surface area contributed by atoms with Gasteiger partial charge in [-0.25, -0.2) is 4.39 Å². The second-order valence-corrected chi connectivity index (χ2v) is 8.25. The van der Waals surface area contributed by atoms with E-state index in [1.165, 1.54) is 6.07 Å². The Hall–Kier alpha value is -2.66. The fourth-order valence-electron chi connectivity index (χ4n) is 4.22. The number of aromatic amines is 1. The van der Waals surface area contributed by atoms with E-state index in [0.717, 1.165) is 41.5 Å². The molecule has 1 aliphatic heterocycles. The Kier molecular flexibility index (Phi) is 5.41. The van der Waals surface area contributed by atoms with E-state index in [1.807, 2.05) is 50.4 Å². The Balaban J connectivity index is 1.63. The van der Waals surface area contributed by atoms with Crippen molar-refractivity contribution in [2.45, 2.75) is 44.6 Å². The minimum atomic E-state index is -0.372. The van der Waals surface area contributed by atoms with Gasteiger partial charge in [0, 0.05) is 42.6 Å². The maximum Gasteiger partial charge on any atom is 0.221 e. The third-order valence-electron chi connectivity index (χ3n) is 5.87. The number of aromatic nitrogens is 1. The first-order valence-electron chi connectivity index (χ1n) is 10.2. The third kappa shape index (κ3) is 4.20. The number of carbonyl (C=O) groups excluding carboxylic acids is 1. The Morgan fingerprint density at radius 2 is 2.10 bits per heavy atom. The van der Waals surface area contributed by atoms with Gasteiger partial charge in [-0.1, -0.05) is 35.9 Å². The number of benzene rings is 2. The lowest BCUT2D eigenvalue weighted by Gasteiger charge is -2.24. The highest BCUT2D eigenvalue weighted by Gasteiger charge is 2.31. The molecule has 2 unspecified atom stereocenters. The Bertz CT molecular complexity index is 1020. The molecule has 0 radical (unpaired) electrons. The molecule has 1 amide bonds. The second-order valence-electron chi connectivity index (χ2n) is 8.25. The molecule has 2 atom stereocenters. The van der Waals surface area contributed by atoms with Crippen LogP contribution in [-0.2, 0) is 9.53 Å². The molecule has 1 aromatic heterocycles. The van der Waals surface area contributed by atoms with Crippen LogP contribution in [0.15, 0.2) is 48.7 Å². The van der Waals surface area contributed by atoms with E-state index in [-0.39, 0.29) is 29.7 Å². The maximum absolute atomic E-state index is 14.8. The van der Waals surface area contributed by atoms with Crippen LogP contribution in [0.4, 0.5) is 4.39 Å². The van der Waals surface area contributed by atoms with E-state index < -0.39 is 0 Å². The quantitative estimate of drug-likeness (QED) is 0.630. The van der Waals surface area contributed by atoms with Gasteiger partial charge in [0.25, 0.3) is 0 Å². The van der Waals surface area contributed by atoms with E-state index in [0.29, 0.717) is 12.1 Å². The Labute approximate surface area is 170 Å². The van der Waals surface area contributed by atoms with Crippen molar-refractivity contribution >= 4 is 16.8 Å². The standard InChI is InChI=1S/C24H27FN2O2/c1-16-8-9-21(25)19(12-16)18(20-14-26-22-7-4-3-6-17(20)22)13-23(28)27-15-24(2)10-5-11-29-24/h3-4,6-9,12,14,18,26H,5,10-11,13,15H2,1-2H3,(H,27,28). The number of amides is 1. The fraction of sp³-hybridized carbons (Fsp3) is 0.375. The molecule has 1 fully saturated rings. The lowest BCUT2D eigenvalue weighted by molar-refractivity contribution is -0.122. The predicted molar refractivity (Wildman–Crippen MR) is 112 cm³/mol. The zero-order chi connectivity index (χ0) is 20.4. The van der Waals surface area contributed by atoms with Crippen molar-refractivity contribution in [1.29, 1.82) is 0 Å². The second kappa shape index (κ2) is 7.99. The molecule has 3 aromatic rings. The molecule has 29 heavy (non-hydrogen) atoms. The number of para-hydroxylation sites is 1. The van der Waals surface area contributed by atoms with Crippen molar-refractivity contribution in [3.63, 3.8) is 0 Å². The van der Waals surface area contributed by atoms with Gasteiger partial charge in [0.1, 0.15) is 5.82 Å². The van der Waals surface area contributed by atoms with Crippen molar-refractivity contribution in [3.8, 4) is 0 Å². The summed E-state index contributed by atoms with van der Waals surface area (Å²) in [6.07, 6.45) is 4.02. The van der Waals surface area contributed by atoms with Crippen LogP contribution in [0.5, 0.6) is 0 Å². The van der Waals surface area contributed by atoms with Gasteiger partial charge in [-0.15, -0.1) is 0 Å². The van der Waals surface area contributed by atoms with Gasteiger partial charge < -0.3 is 15.0 Å². The molecule has 2 N–H and O–H groups in total. The first kappa shape index (κ1) is 19.6. The summed E-state index contributed by atoms with van der Waals surface area (Å²) in [6, 6.07) is 13.0. The number of fused-ring (bicyclic) bond motifs is 1. The Morgan fingerprint density at radius 3 is 2.90 bits per heavy atom. The summed E-state index contributed by atoms with van der Waals surface area (Å²) in [5.74, 6) is -0.758. The van der Waals surface area contributed by atoms with Crippen LogP contribution in [0, 0.1) is 12.7 Å². The van der Waals surface area contributed by atoms with Crippen LogP contribution in [0.2, 0.25) is 0 Å². The number of nitrogens with one attached hydrogen (secondary N) is 2. The molecule has 0 bridgehead atoms. The van der Waals surface area contributed by atoms with Gasteiger partial charge in [-0.05, 0) is 49.9 Å². The van der Waals surface area contributed by atoms with Crippen molar-refractivity contribution < 1.29 is 13.9 Å². The summed E-state index contributed by atoms with van der Waals surface area (Å²) in [7, 11) is 0. The Morgan fingerprint density at radius 1 is 1.28 bits per heavy atom. The SMILES string of the molecule is Cc1ccc(F)c(C(CC(=O)NCC2(C)CCCO2)c2c[nH]c3ccccc23)c1. The predicted octanol–water partition coefficient (Wildman–Crippen LogP) is 4.82. The number of ether oxygens (including phenoxy) is 1. The van der Waals surface area contributed by atoms with Gasteiger partial charge >= 0.3 is 0 Å². The van der Waals surface area contributed by atoms with Crippen LogP contribution in [-0.4, -0.2) is 29.6 Å². The van der Waals surface area contributed by atoms with Gasteiger partial charge in [-0.3, -0.25) is 4.79 Å². The molecule has 4 rings (SSSR count). The number of rotatable bonds is 6. The monoisotopic (exact) mass is 394 g/mol. The van der Waals surface area contributed by atoms with Crippen LogP contribution >= 0.6 is 0 Å². The first-order chi connectivity index (χ1) is 14.0. The van der Waals surface area contributed by atoms with E-state index in [1.54, 1.807) is 6.07 Å². The first-order valence-corrected chi connectivity index (χ1v) is 10.2. The molecule has 0 spiro atoms. The van der Waals surface area contributed by atoms with Crippen LogP contribution in [0.1, 0.15) is 48.8 Å². The van der Waals surface area contributed by atoms with Gasteiger partial charge in [0.05, 0.1) is 5.60 Å². The third-order valence-corrected chi connectivity index (χ3v) is 5.87. The van der Waals surface area contributed by atoms with E-state index in [4.69, 9.17) is 4.74 Å². The molecule has 0 saturated carbocycles. The molecule has 2 aromatic carbocycles. The smallest absolute Gasteiger partial charge is 0.221 e. The largest absolute Gasteiger partial charge is 0.373 e. The molecular weight excluding hydrogens is 367 g/mol. The zero-order valence-electron chi connectivity index (χ0n) is 16.9. The van der Waals surface area contributed by atoms with E-state index in [2.05, 4.69) is 10.3 Å². The lowest BCUT2D eigenvalue weighted by Crippen LogP contribution is -2.40. The number of hydrogen-bond donors (Lipinski definition) is 2. The van der Waals surface area contributed by atoms with Gasteiger partial charge in [0.2, 0.25) is 5.91 Å². The van der Waals surface area contributed by atoms with Gasteiger partial charge in [-0.2, -0.15) is 0 Å². The molecule has 152 valence electrons. The van der Waals surface area contributed by atoms with Crippen LogP contribution < -0.4 is 5.32 Å². The molecule has 5 heteroatoms. The topological polar surface area (TPSA) is 54.1 Å². The summed E-state index contributed by atoms with van der Waals surface area (Å²) in [6.45, 7) is 5.17. The molecule has 2 heterocycles. The van der Waals surface area contributed by atoms with Crippen LogP contribution in [0.25, 0.3) is 10.9 Å². The maximum atomic E-state index is 14.8. The molecular formula is C24H27FN2O2. The van der Waals surface area contributed by atoms with Crippen molar-refractivity contribution in [3.05, 3.63) is 71.2 Å². The summed E-state index contributed by atoms with van der Waals surface area (Å²) in [4.78, 5) is 16.1. The van der Waals surface area contributed by atoms with Crippen molar-refractivity contribution in [2.75, 3.05) is 13.2 Å². The minimum absolute atomic E-state index is 0.0992. The van der Waals surface area contributed by atoms with Gasteiger partial charge in [0.15, 0.2) is 0 Å². The summed E-state index contributed by atoms with van der Waals surface area (Å²) in [5, 5.41) is 4.02. The number of hydrogen-bond acceptors (Lipinski definition) is 2. The summed E-state index contributed by atoms with van der Waals surface area (Å²) < 4.78 is 20.6. The molecule has 1 saturated heterocycles. The zero-order valence-corrected chi connectivity index (χ0v) is 16.9. The molecule has 1 aliphatic rings. The highest BCUT2D eigenvalue weighted by Crippen LogP contribution is 2.35. The highest BCUT2D eigenvalue weighted by atomic mass is 19.1. The lowest BCUT2D eigenvalue weighted by atomic mass is 9.86. The summed E-state index contributed by atoms with van der Waals surface area (Å²) >= 11 is 0. The average molecular weight is 394 g/mol. The summed E-state index contributed by atoms with van der Waals surface area (Å²) in [5.41, 5.74) is 3.13. The minimum Gasteiger partial charge on any atom is -0.373 e. The normalized spacial score (nSPS) is 20.1. The fourth-order valence-corrected chi connectivity index (χ4v) is 4.22. The number of carbonyl (C=O) groups is 1. The van der Waals surface area contributed by atoms with E-state index in [9.17, 15) is 9.18 Å². The number of aryl methyl sites for hydroxylation is 1.